The van der Waals surface area contributed by atoms with Crippen molar-refractivity contribution >= 4 is 43.6 Å². The highest BCUT2D eigenvalue weighted by atomic mass is 79.9. The summed E-state index contributed by atoms with van der Waals surface area (Å²) in [6.07, 6.45) is 0.330. The Morgan fingerprint density at radius 3 is 2.74 bits per heavy atom. The van der Waals surface area contributed by atoms with Crippen LogP contribution in [0.3, 0.4) is 0 Å². The van der Waals surface area contributed by atoms with Gasteiger partial charge < -0.3 is 5.32 Å². The number of anilines is 1. The molecule has 0 saturated carbocycles. The van der Waals surface area contributed by atoms with Gasteiger partial charge in [0.2, 0.25) is 5.91 Å². The standard InChI is InChI=1S/C14H12Br2N2O/c1-9-12(16)5-6-13(17-9)18-14(19)8-10-3-2-4-11(15)7-10/h2-7H,8H2,1H3,(H,17,18,19). The van der Waals surface area contributed by atoms with E-state index in [0.717, 1.165) is 20.2 Å². The second kappa shape index (κ2) is 6.30. The monoisotopic (exact) mass is 382 g/mol. The van der Waals surface area contributed by atoms with Gasteiger partial charge in [-0.2, -0.15) is 0 Å². The molecule has 0 bridgehead atoms. The van der Waals surface area contributed by atoms with Gasteiger partial charge in [0, 0.05) is 8.95 Å². The lowest BCUT2D eigenvalue weighted by Crippen LogP contribution is -2.15. The zero-order valence-corrected chi connectivity index (χ0v) is 13.5. The van der Waals surface area contributed by atoms with Crippen LogP contribution in [0.4, 0.5) is 5.82 Å². The van der Waals surface area contributed by atoms with Gasteiger partial charge >= 0.3 is 0 Å². The lowest BCUT2D eigenvalue weighted by atomic mass is 10.1. The van der Waals surface area contributed by atoms with Gasteiger partial charge in [-0.15, -0.1) is 0 Å². The van der Waals surface area contributed by atoms with Crippen LogP contribution in [0.5, 0.6) is 0 Å². The minimum Gasteiger partial charge on any atom is -0.310 e. The van der Waals surface area contributed by atoms with Crippen molar-refractivity contribution in [3.05, 3.63) is 56.6 Å². The van der Waals surface area contributed by atoms with E-state index in [1.807, 2.05) is 37.3 Å². The summed E-state index contributed by atoms with van der Waals surface area (Å²) in [5, 5.41) is 2.79. The molecule has 0 atom stereocenters. The zero-order chi connectivity index (χ0) is 13.8. The number of hydrogen-bond donors (Lipinski definition) is 1. The van der Waals surface area contributed by atoms with Crippen LogP contribution < -0.4 is 5.32 Å². The zero-order valence-electron chi connectivity index (χ0n) is 10.3. The van der Waals surface area contributed by atoms with Gasteiger partial charge in [0.15, 0.2) is 0 Å². The topological polar surface area (TPSA) is 42.0 Å². The third kappa shape index (κ3) is 4.14. The molecule has 0 fully saturated rings. The molecule has 98 valence electrons. The van der Waals surface area contributed by atoms with Gasteiger partial charge in [-0.3, -0.25) is 4.79 Å². The number of nitrogens with zero attached hydrogens (tertiary/aromatic N) is 1. The smallest absolute Gasteiger partial charge is 0.229 e. The molecule has 2 rings (SSSR count). The Hall–Kier alpha value is -1.20. The van der Waals surface area contributed by atoms with Crippen molar-refractivity contribution < 1.29 is 4.79 Å². The molecule has 0 unspecified atom stereocenters. The van der Waals surface area contributed by atoms with E-state index in [1.165, 1.54) is 0 Å². The Morgan fingerprint density at radius 2 is 2.05 bits per heavy atom. The molecule has 0 saturated heterocycles. The van der Waals surface area contributed by atoms with E-state index in [4.69, 9.17) is 0 Å². The number of benzene rings is 1. The average Bonchev–Trinajstić information content (AvgIpc) is 2.34. The molecular formula is C14H12Br2N2O. The van der Waals surface area contributed by atoms with Crippen LogP contribution in [0.2, 0.25) is 0 Å². The molecule has 0 aliphatic heterocycles. The van der Waals surface area contributed by atoms with Gasteiger partial charge in [-0.1, -0.05) is 28.1 Å². The summed E-state index contributed by atoms with van der Waals surface area (Å²) in [4.78, 5) is 16.2. The lowest BCUT2D eigenvalue weighted by molar-refractivity contribution is -0.115. The van der Waals surface area contributed by atoms with Crippen molar-refractivity contribution in [2.45, 2.75) is 13.3 Å². The van der Waals surface area contributed by atoms with Crippen LogP contribution in [0.1, 0.15) is 11.3 Å². The molecule has 1 heterocycles. The van der Waals surface area contributed by atoms with Gasteiger partial charge in [-0.25, -0.2) is 4.98 Å². The summed E-state index contributed by atoms with van der Waals surface area (Å²) in [6, 6.07) is 11.3. The van der Waals surface area contributed by atoms with E-state index in [0.29, 0.717) is 12.2 Å². The minimum absolute atomic E-state index is 0.0766. The van der Waals surface area contributed by atoms with E-state index in [1.54, 1.807) is 6.07 Å². The molecule has 0 aliphatic carbocycles. The maximum absolute atomic E-state index is 11.9. The fourth-order valence-electron chi connectivity index (χ4n) is 1.63. The van der Waals surface area contributed by atoms with Crippen molar-refractivity contribution in [1.29, 1.82) is 0 Å². The number of hydrogen-bond acceptors (Lipinski definition) is 2. The minimum atomic E-state index is -0.0766. The fourth-order valence-corrected chi connectivity index (χ4v) is 2.30. The quantitative estimate of drug-likeness (QED) is 0.866. The Balaban J connectivity index is 2.03. The Bertz CT molecular complexity index is 614. The summed E-state index contributed by atoms with van der Waals surface area (Å²) in [6.45, 7) is 1.88. The molecule has 0 aliphatic rings. The molecule has 2 aromatic rings. The van der Waals surface area contributed by atoms with Crippen molar-refractivity contribution in [2.24, 2.45) is 0 Å². The first-order valence-corrected chi connectivity index (χ1v) is 7.30. The number of carbonyl (C=O) groups is 1. The lowest BCUT2D eigenvalue weighted by Gasteiger charge is -2.06. The number of amides is 1. The number of carbonyl (C=O) groups excluding carboxylic acids is 1. The summed E-state index contributed by atoms with van der Waals surface area (Å²) < 4.78 is 1.90. The first-order valence-electron chi connectivity index (χ1n) is 5.72. The highest BCUT2D eigenvalue weighted by molar-refractivity contribution is 9.10. The van der Waals surface area contributed by atoms with Gasteiger partial charge in [0.1, 0.15) is 5.82 Å². The summed E-state index contributed by atoms with van der Waals surface area (Å²) in [5.41, 5.74) is 1.81. The molecule has 1 N–H and O–H groups in total. The normalized spacial score (nSPS) is 10.3. The summed E-state index contributed by atoms with van der Waals surface area (Å²) in [7, 11) is 0. The highest BCUT2D eigenvalue weighted by Gasteiger charge is 2.06. The number of aryl methyl sites for hydroxylation is 1. The largest absolute Gasteiger partial charge is 0.310 e. The predicted molar refractivity (Wildman–Crippen MR) is 83.1 cm³/mol. The number of pyridine rings is 1. The van der Waals surface area contributed by atoms with Crippen molar-refractivity contribution in [1.82, 2.24) is 4.98 Å². The first kappa shape index (κ1) is 14.2. The summed E-state index contributed by atoms with van der Waals surface area (Å²) >= 11 is 6.76. The van der Waals surface area contributed by atoms with E-state index in [-0.39, 0.29) is 5.91 Å². The van der Waals surface area contributed by atoms with E-state index in [9.17, 15) is 4.79 Å². The maximum atomic E-state index is 11.9. The van der Waals surface area contributed by atoms with Crippen LogP contribution in [0, 0.1) is 6.92 Å². The molecule has 0 radical (unpaired) electrons. The molecule has 3 nitrogen and oxygen atoms in total. The predicted octanol–water partition coefficient (Wildman–Crippen LogP) is 4.10. The number of halogens is 2. The maximum Gasteiger partial charge on any atom is 0.229 e. The fraction of sp³-hybridized carbons (Fsp3) is 0.143. The second-order valence-electron chi connectivity index (χ2n) is 4.12. The average molecular weight is 384 g/mol. The molecule has 0 spiro atoms. The third-order valence-corrected chi connectivity index (χ3v) is 3.87. The van der Waals surface area contributed by atoms with Crippen molar-refractivity contribution in [3.8, 4) is 0 Å². The van der Waals surface area contributed by atoms with Crippen molar-refractivity contribution in [2.75, 3.05) is 5.32 Å². The van der Waals surface area contributed by atoms with E-state index < -0.39 is 0 Å². The van der Waals surface area contributed by atoms with Crippen LogP contribution in [0.25, 0.3) is 0 Å². The molecule has 1 aromatic heterocycles. The number of aromatic nitrogens is 1. The Kier molecular flexibility index (Phi) is 4.71. The van der Waals surface area contributed by atoms with Crippen LogP contribution >= 0.6 is 31.9 Å². The van der Waals surface area contributed by atoms with E-state index in [2.05, 4.69) is 42.2 Å². The molecule has 5 heteroatoms. The Labute approximate surface area is 128 Å². The highest BCUT2D eigenvalue weighted by Crippen LogP contribution is 2.17. The van der Waals surface area contributed by atoms with Crippen LogP contribution in [-0.4, -0.2) is 10.9 Å². The first-order chi connectivity index (χ1) is 9.04. The van der Waals surface area contributed by atoms with Gasteiger partial charge in [-0.05, 0) is 52.7 Å². The third-order valence-electron chi connectivity index (χ3n) is 2.54. The Morgan fingerprint density at radius 1 is 1.26 bits per heavy atom. The number of rotatable bonds is 3. The van der Waals surface area contributed by atoms with Crippen LogP contribution in [0.15, 0.2) is 45.3 Å². The molecule has 1 aromatic carbocycles. The molecule has 19 heavy (non-hydrogen) atoms. The van der Waals surface area contributed by atoms with Gasteiger partial charge in [0.25, 0.3) is 0 Å². The van der Waals surface area contributed by atoms with Gasteiger partial charge in [0.05, 0.1) is 12.1 Å². The van der Waals surface area contributed by atoms with Crippen molar-refractivity contribution in [3.63, 3.8) is 0 Å². The van der Waals surface area contributed by atoms with E-state index >= 15 is 0 Å². The van der Waals surface area contributed by atoms with Crippen LogP contribution in [-0.2, 0) is 11.2 Å². The molecular weight excluding hydrogens is 372 g/mol. The second-order valence-corrected chi connectivity index (χ2v) is 5.89. The number of nitrogens with one attached hydrogen (secondary N) is 1. The molecule has 1 amide bonds. The summed E-state index contributed by atoms with van der Waals surface area (Å²) in [5.74, 6) is 0.494. The SMILES string of the molecule is Cc1nc(NC(=O)Cc2cccc(Br)c2)ccc1Br.